The summed E-state index contributed by atoms with van der Waals surface area (Å²) < 4.78 is 27.8. The second-order valence-corrected chi connectivity index (χ2v) is 9.72. The number of pyridine rings is 1. The highest BCUT2D eigenvalue weighted by Gasteiger charge is 2.24. The smallest absolute Gasteiger partial charge is 0.264 e. The van der Waals surface area contributed by atoms with E-state index in [-0.39, 0.29) is 15.8 Å². The number of likely N-dealkylation sites (N-methyl/N-ethyl adjacent to an activating group) is 1. The zero-order valence-electron chi connectivity index (χ0n) is 18.7. The van der Waals surface area contributed by atoms with Crippen LogP contribution in [0.2, 0.25) is 0 Å². The Labute approximate surface area is 187 Å². The van der Waals surface area contributed by atoms with Gasteiger partial charge in [0, 0.05) is 37.2 Å². The number of carbonyl (C=O) groups is 1. The fraction of sp³-hybridized carbons (Fsp3) is 0.304. The fourth-order valence-corrected chi connectivity index (χ4v) is 4.68. The van der Waals surface area contributed by atoms with Crippen molar-refractivity contribution in [1.29, 1.82) is 0 Å². The van der Waals surface area contributed by atoms with E-state index in [4.69, 9.17) is 0 Å². The molecule has 3 rings (SSSR count). The minimum absolute atomic E-state index is 0.0194. The lowest BCUT2D eigenvalue weighted by molar-refractivity contribution is 0.0950. The fourth-order valence-electron chi connectivity index (χ4n) is 3.42. The number of sulfonamides is 1. The largest absolute Gasteiger partial charge is 0.360 e. The highest BCUT2D eigenvalue weighted by atomic mass is 32.2. The van der Waals surface area contributed by atoms with Gasteiger partial charge in [-0.2, -0.15) is 0 Å². The van der Waals surface area contributed by atoms with E-state index in [0.29, 0.717) is 30.7 Å². The summed E-state index contributed by atoms with van der Waals surface area (Å²) in [6.45, 7) is 2.98. The number of aromatic amines is 1. The summed E-state index contributed by atoms with van der Waals surface area (Å²) in [5.74, 6) is -0.503. The summed E-state index contributed by atoms with van der Waals surface area (Å²) in [5.41, 5.74) is 1.35. The number of nitrogens with one attached hydrogen (secondary N) is 2. The lowest BCUT2D eigenvalue weighted by Gasteiger charge is -2.22. The van der Waals surface area contributed by atoms with Gasteiger partial charge in [-0.05, 0) is 50.3 Å². The minimum atomic E-state index is -3.92. The number of carbonyl (C=O) groups excluding carboxylic acids is 1. The number of anilines is 1. The number of amides is 1. The highest BCUT2D eigenvalue weighted by Crippen LogP contribution is 2.27. The molecular formula is C23H28N4O4S. The Morgan fingerprint density at radius 1 is 1.09 bits per heavy atom. The maximum absolute atomic E-state index is 13.3. The highest BCUT2D eigenvalue weighted by molar-refractivity contribution is 7.92. The Hall–Kier alpha value is -3.17. The first-order valence-electron chi connectivity index (χ1n) is 10.3. The van der Waals surface area contributed by atoms with Crippen LogP contribution in [0, 0.1) is 0 Å². The summed E-state index contributed by atoms with van der Waals surface area (Å²) in [4.78, 5) is 30.3. The van der Waals surface area contributed by atoms with Gasteiger partial charge in [0.1, 0.15) is 5.56 Å². The van der Waals surface area contributed by atoms with E-state index < -0.39 is 21.4 Å². The molecule has 2 aromatic carbocycles. The molecule has 9 heteroatoms. The summed E-state index contributed by atoms with van der Waals surface area (Å²) in [6.07, 6.45) is 2.03. The summed E-state index contributed by atoms with van der Waals surface area (Å²) >= 11 is 0. The molecule has 0 atom stereocenters. The van der Waals surface area contributed by atoms with Crippen LogP contribution in [0.15, 0.2) is 58.4 Å². The molecule has 0 aliphatic heterocycles. The van der Waals surface area contributed by atoms with Crippen molar-refractivity contribution in [2.45, 2.75) is 18.2 Å². The molecule has 0 saturated carbocycles. The van der Waals surface area contributed by atoms with Crippen LogP contribution in [0.3, 0.4) is 0 Å². The van der Waals surface area contributed by atoms with Gasteiger partial charge in [-0.15, -0.1) is 0 Å². The van der Waals surface area contributed by atoms with Gasteiger partial charge in [-0.3, -0.25) is 13.9 Å². The second kappa shape index (κ2) is 9.54. The van der Waals surface area contributed by atoms with Gasteiger partial charge >= 0.3 is 0 Å². The molecule has 8 nitrogen and oxygen atoms in total. The maximum atomic E-state index is 13.3. The Morgan fingerprint density at radius 2 is 1.81 bits per heavy atom. The Morgan fingerprint density at radius 3 is 2.50 bits per heavy atom. The van der Waals surface area contributed by atoms with Crippen molar-refractivity contribution in [3.8, 4) is 0 Å². The first-order chi connectivity index (χ1) is 15.2. The maximum Gasteiger partial charge on any atom is 0.264 e. The number of hydrogen-bond donors (Lipinski definition) is 2. The number of nitrogens with zero attached hydrogens (tertiary/aromatic N) is 2. The summed E-state index contributed by atoms with van der Waals surface area (Å²) in [6, 6.07) is 11.6. The molecule has 0 spiro atoms. The molecule has 0 aliphatic rings. The van der Waals surface area contributed by atoms with Crippen molar-refractivity contribution < 1.29 is 13.2 Å². The van der Waals surface area contributed by atoms with Crippen molar-refractivity contribution in [1.82, 2.24) is 15.2 Å². The van der Waals surface area contributed by atoms with Crippen LogP contribution in [0.4, 0.5) is 5.69 Å². The zero-order chi connectivity index (χ0) is 23.5. The SMILES string of the molecule is CCc1ccccc1N(C)S(=O)(=O)c1ccc2[nH]cc(C(=O)NCCN(C)C)c(=O)c2c1. The van der Waals surface area contributed by atoms with E-state index in [1.54, 1.807) is 12.1 Å². The lowest BCUT2D eigenvalue weighted by Crippen LogP contribution is -2.34. The second-order valence-electron chi connectivity index (χ2n) is 7.75. The standard InChI is InChI=1S/C23H28N4O4S/c1-5-16-8-6-7-9-21(16)27(4)32(30,31)17-10-11-20-18(14-17)22(28)19(15-25-20)23(29)24-12-13-26(2)3/h6-11,14-15H,5,12-13H2,1-4H3,(H,24,29)(H,25,28). The van der Waals surface area contributed by atoms with E-state index in [2.05, 4.69) is 10.3 Å². The minimum Gasteiger partial charge on any atom is -0.360 e. The third kappa shape index (κ3) is 4.68. The van der Waals surface area contributed by atoms with Gasteiger partial charge in [0.2, 0.25) is 5.43 Å². The average Bonchev–Trinajstić information content (AvgIpc) is 2.78. The van der Waals surface area contributed by atoms with Crippen LogP contribution < -0.4 is 15.1 Å². The number of hydrogen-bond acceptors (Lipinski definition) is 5. The van der Waals surface area contributed by atoms with E-state index in [1.807, 2.05) is 38.1 Å². The Balaban J connectivity index is 2.00. The van der Waals surface area contributed by atoms with Crippen LogP contribution in [0.1, 0.15) is 22.8 Å². The molecule has 3 aromatic rings. The number of aromatic nitrogens is 1. The molecule has 1 aromatic heterocycles. The van der Waals surface area contributed by atoms with Crippen LogP contribution in [-0.4, -0.2) is 58.4 Å². The average molecular weight is 457 g/mol. The molecule has 0 unspecified atom stereocenters. The Bertz CT molecular complexity index is 1300. The predicted molar refractivity (Wildman–Crippen MR) is 127 cm³/mol. The molecule has 0 aliphatic carbocycles. The molecule has 0 bridgehead atoms. The summed E-state index contributed by atoms with van der Waals surface area (Å²) in [5, 5.41) is 2.85. The molecule has 1 heterocycles. The molecule has 170 valence electrons. The number of H-pyrrole nitrogens is 1. The first-order valence-corrected chi connectivity index (χ1v) is 11.8. The number of benzene rings is 2. The van der Waals surface area contributed by atoms with Crippen molar-refractivity contribution in [3.63, 3.8) is 0 Å². The normalized spacial score (nSPS) is 11.7. The lowest BCUT2D eigenvalue weighted by atomic mass is 10.1. The van der Waals surface area contributed by atoms with Crippen molar-refractivity contribution >= 4 is 32.5 Å². The number of para-hydroxylation sites is 1. The molecular weight excluding hydrogens is 428 g/mol. The van der Waals surface area contributed by atoms with Gasteiger partial charge in [-0.1, -0.05) is 25.1 Å². The first kappa shape index (κ1) is 23.5. The van der Waals surface area contributed by atoms with Crippen molar-refractivity contribution in [2.24, 2.45) is 0 Å². The van der Waals surface area contributed by atoms with Crippen LogP contribution >= 0.6 is 0 Å². The molecule has 0 radical (unpaired) electrons. The van der Waals surface area contributed by atoms with E-state index in [0.717, 1.165) is 5.56 Å². The van der Waals surface area contributed by atoms with E-state index in [1.165, 1.54) is 35.7 Å². The van der Waals surface area contributed by atoms with Crippen LogP contribution in [-0.2, 0) is 16.4 Å². The molecule has 0 fully saturated rings. The third-order valence-corrected chi connectivity index (χ3v) is 7.08. The predicted octanol–water partition coefficient (Wildman–Crippen LogP) is 2.21. The quantitative estimate of drug-likeness (QED) is 0.541. The van der Waals surface area contributed by atoms with Crippen molar-refractivity contribution in [2.75, 3.05) is 38.5 Å². The molecule has 2 N–H and O–H groups in total. The van der Waals surface area contributed by atoms with Gasteiger partial charge in [0.05, 0.1) is 10.6 Å². The summed E-state index contributed by atoms with van der Waals surface area (Å²) in [7, 11) is 1.34. The number of aryl methyl sites for hydroxylation is 1. The zero-order valence-corrected chi connectivity index (χ0v) is 19.5. The van der Waals surface area contributed by atoms with Crippen LogP contribution in [0.25, 0.3) is 10.9 Å². The van der Waals surface area contributed by atoms with Crippen molar-refractivity contribution in [3.05, 3.63) is 70.0 Å². The van der Waals surface area contributed by atoms with E-state index in [9.17, 15) is 18.0 Å². The Kier molecular flexibility index (Phi) is 7.00. The van der Waals surface area contributed by atoms with Crippen LogP contribution in [0.5, 0.6) is 0 Å². The molecule has 1 amide bonds. The molecule has 0 saturated heterocycles. The molecule has 32 heavy (non-hydrogen) atoms. The number of fused-ring (bicyclic) bond motifs is 1. The van der Waals surface area contributed by atoms with Gasteiger partial charge in [0.15, 0.2) is 0 Å². The van der Waals surface area contributed by atoms with Gasteiger partial charge < -0.3 is 15.2 Å². The van der Waals surface area contributed by atoms with E-state index >= 15 is 0 Å². The topological polar surface area (TPSA) is 103 Å². The monoisotopic (exact) mass is 456 g/mol. The van der Waals surface area contributed by atoms with Gasteiger partial charge in [0.25, 0.3) is 15.9 Å². The third-order valence-electron chi connectivity index (χ3n) is 5.31. The number of rotatable bonds is 8. The van der Waals surface area contributed by atoms with Gasteiger partial charge in [-0.25, -0.2) is 8.42 Å².